The van der Waals surface area contributed by atoms with Gasteiger partial charge < -0.3 is 14.5 Å². The van der Waals surface area contributed by atoms with Gasteiger partial charge in [0.2, 0.25) is 5.58 Å². The van der Waals surface area contributed by atoms with Crippen molar-refractivity contribution in [3.63, 3.8) is 0 Å². The maximum absolute atomic E-state index is 12.6. The minimum atomic E-state index is -0.697. The van der Waals surface area contributed by atoms with Gasteiger partial charge in [-0.1, -0.05) is 38.8 Å². The van der Waals surface area contributed by atoms with Gasteiger partial charge in [-0.25, -0.2) is 4.98 Å². The molecule has 0 aliphatic carbocycles. The number of carbonyl (C=O) groups is 2. The average molecular weight is 413 g/mol. The number of esters is 1. The van der Waals surface area contributed by atoms with Crippen LogP contribution in [0.1, 0.15) is 40.0 Å². The Balaban J connectivity index is 1.54. The summed E-state index contributed by atoms with van der Waals surface area (Å²) in [5.74, 6) is -0.430. The second-order valence-electron chi connectivity index (χ2n) is 7.91. The summed E-state index contributed by atoms with van der Waals surface area (Å²) >= 11 is 0. The maximum Gasteiger partial charge on any atom is 0.326 e. The standard InChI is InChI=1S/C22H27N3O5/c1-14(2)7-6-8-15(3)24-18(26)12-29-19(27)11-25-13-23-20-16-9-4-5-10-17(16)30-21(20)22(25)28/h4-5,9-10,13-15H,6-8,11-12H2,1-3H3,(H,24,26)/t15-/m0/s1. The van der Waals surface area contributed by atoms with Crippen LogP contribution in [0.4, 0.5) is 0 Å². The van der Waals surface area contributed by atoms with Crippen LogP contribution in [0.3, 0.4) is 0 Å². The predicted molar refractivity (Wildman–Crippen MR) is 113 cm³/mol. The minimum Gasteiger partial charge on any atom is -0.454 e. The molecule has 0 fully saturated rings. The van der Waals surface area contributed by atoms with Gasteiger partial charge >= 0.3 is 5.97 Å². The molecule has 2 heterocycles. The molecule has 0 aliphatic heterocycles. The summed E-state index contributed by atoms with van der Waals surface area (Å²) < 4.78 is 11.7. The van der Waals surface area contributed by atoms with Crippen molar-refractivity contribution in [3.05, 3.63) is 40.9 Å². The summed E-state index contributed by atoms with van der Waals surface area (Å²) in [5, 5.41) is 3.55. The molecule has 3 aromatic rings. The van der Waals surface area contributed by atoms with Crippen LogP contribution in [-0.2, 0) is 20.9 Å². The molecule has 1 atom stereocenters. The Hall–Kier alpha value is -3.16. The van der Waals surface area contributed by atoms with Crippen molar-refractivity contribution >= 4 is 33.9 Å². The molecular formula is C22H27N3O5. The van der Waals surface area contributed by atoms with Crippen molar-refractivity contribution in [3.8, 4) is 0 Å². The van der Waals surface area contributed by atoms with Crippen molar-refractivity contribution in [2.24, 2.45) is 5.92 Å². The van der Waals surface area contributed by atoms with Gasteiger partial charge in [0.25, 0.3) is 11.5 Å². The third kappa shape index (κ3) is 5.25. The Bertz CT molecular complexity index is 1100. The van der Waals surface area contributed by atoms with Crippen molar-refractivity contribution < 1.29 is 18.7 Å². The third-order valence-electron chi connectivity index (χ3n) is 4.84. The molecular weight excluding hydrogens is 386 g/mol. The van der Waals surface area contributed by atoms with Crippen LogP contribution < -0.4 is 10.9 Å². The molecule has 0 saturated carbocycles. The topological polar surface area (TPSA) is 103 Å². The predicted octanol–water partition coefficient (Wildman–Crippen LogP) is 3.02. The molecule has 1 N–H and O–H groups in total. The van der Waals surface area contributed by atoms with Gasteiger partial charge in [0.15, 0.2) is 6.61 Å². The van der Waals surface area contributed by atoms with E-state index in [0.717, 1.165) is 29.2 Å². The smallest absolute Gasteiger partial charge is 0.326 e. The zero-order chi connectivity index (χ0) is 21.7. The third-order valence-corrected chi connectivity index (χ3v) is 4.84. The van der Waals surface area contributed by atoms with E-state index in [2.05, 4.69) is 24.1 Å². The van der Waals surface area contributed by atoms with Gasteiger partial charge in [-0.15, -0.1) is 0 Å². The number of nitrogens with one attached hydrogen (secondary N) is 1. The lowest BCUT2D eigenvalue weighted by atomic mass is 10.0. The van der Waals surface area contributed by atoms with Crippen molar-refractivity contribution in [1.82, 2.24) is 14.9 Å². The van der Waals surface area contributed by atoms with Gasteiger partial charge in [-0.3, -0.25) is 19.0 Å². The van der Waals surface area contributed by atoms with E-state index in [9.17, 15) is 14.4 Å². The first-order chi connectivity index (χ1) is 14.3. The summed E-state index contributed by atoms with van der Waals surface area (Å²) in [6.07, 6.45) is 4.29. The molecule has 0 saturated heterocycles. The summed E-state index contributed by atoms with van der Waals surface area (Å²) in [7, 11) is 0. The second kappa shape index (κ2) is 9.56. The van der Waals surface area contributed by atoms with E-state index in [1.54, 1.807) is 12.1 Å². The van der Waals surface area contributed by atoms with Crippen molar-refractivity contribution in [1.29, 1.82) is 0 Å². The minimum absolute atomic E-state index is 0.0114. The monoisotopic (exact) mass is 413 g/mol. The lowest BCUT2D eigenvalue weighted by Gasteiger charge is -2.14. The highest BCUT2D eigenvalue weighted by Crippen LogP contribution is 2.23. The number of benzene rings is 1. The Morgan fingerprint density at radius 3 is 2.73 bits per heavy atom. The molecule has 0 bridgehead atoms. The lowest BCUT2D eigenvalue weighted by molar-refractivity contribution is -0.149. The van der Waals surface area contributed by atoms with Crippen molar-refractivity contribution in [2.75, 3.05) is 6.61 Å². The first kappa shape index (κ1) is 21.5. The molecule has 3 rings (SSSR count). The molecule has 0 spiro atoms. The number of para-hydroxylation sites is 1. The van der Waals surface area contributed by atoms with E-state index < -0.39 is 11.5 Å². The van der Waals surface area contributed by atoms with E-state index in [0.29, 0.717) is 17.0 Å². The number of rotatable bonds is 9. The Morgan fingerprint density at radius 2 is 1.97 bits per heavy atom. The number of amides is 1. The first-order valence-electron chi connectivity index (χ1n) is 10.2. The first-order valence-corrected chi connectivity index (χ1v) is 10.2. The quantitative estimate of drug-likeness (QED) is 0.541. The van der Waals surface area contributed by atoms with E-state index in [1.807, 2.05) is 19.1 Å². The zero-order valence-electron chi connectivity index (χ0n) is 17.5. The number of carbonyl (C=O) groups excluding carboxylic acids is 2. The number of hydrogen-bond donors (Lipinski definition) is 1. The Morgan fingerprint density at radius 1 is 1.20 bits per heavy atom. The van der Waals surface area contributed by atoms with Gasteiger partial charge in [0.1, 0.15) is 17.6 Å². The number of furan rings is 1. The summed E-state index contributed by atoms with van der Waals surface area (Å²) in [6.45, 7) is 5.51. The van der Waals surface area contributed by atoms with E-state index in [4.69, 9.17) is 9.15 Å². The van der Waals surface area contributed by atoms with Gasteiger partial charge in [0, 0.05) is 11.4 Å². The van der Waals surface area contributed by atoms with Crippen LogP contribution in [0.5, 0.6) is 0 Å². The highest BCUT2D eigenvalue weighted by atomic mass is 16.5. The summed E-state index contributed by atoms with van der Waals surface area (Å²) in [4.78, 5) is 40.9. The molecule has 1 aromatic carbocycles. The zero-order valence-corrected chi connectivity index (χ0v) is 17.5. The van der Waals surface area contributed by atoms with Crippen LogP contribution in [0.2, 0.25) is 0 Å². The molecule has 1 amide bonds. The Labute approximate surface area is 174 Å². The number of fused-ring (bicyclic) bond motifs is 3. The molecule has 0 radical (unpaired) electrons. The fraction of sp³-hybridized carbons (Fsp3) is 0.455. The van der Waals surface area contributed by atoms with Crippen LogP contribution in [0, 0.1) is 5.92 Å². The van der Waals surface area contributed by atoms with Crippen LogP contribution >= 0.6 is 0 Å². The van der Waals surface area contributed by atoms with Gasteiger partial charge in [0.05, 0.1) is 6.33 Å². The molecule has 8 nitrogen and oxygen atoms in total. The SMILES string of the molecule is CC(C)CCC[C@H](C)NC(=O)COC(=O)Cn1cnc2c(oc3ccccc32)c1=O. The summed E-state index contributed by atoms with van der Waals surface area (Å²) in [6, 6.07) is 7.21. The Kier molecular flexibility index (Phi) is 6.87. The number of ether oxygens (including phenoxy) is 1. The fourth-order valence-corrected chi connectivity index (χ4v) is 3.28. The number of nitrogens with zero attached hydrogens (tertiary/aromatic N) is 2. The molecule has 30 heavy (non-hydrogen) atoms. The number of hydrogen-bond acceptors (Lipinski definition) is 6. The van der Waals surface area contributed by atoms with E-state index in [-0.39, 0.29) is 30.7 Å². The second-order valence-corrected chi connectivity index (χ2v) is 7.91. The van der Waals surface area contributed by atoms with Gasteiger partial charge in [-0.05, 0) is 31.4 Å². The number of aromatic nitrogens is 2. The van der Waals surface area contributed by atoms with Crippen LogP contribution in [0.25, 0.3) is 22.1 Å². The largest absolute Gasteiger partial charge is 0.454 e. The van der Waals surface area contributed by atoms with Crippen LogP contribution in [0.15, 0.2) is 39.8 Å². The highest BCUT2D eigenvalue weighted by Gasteiger charge is 2.16. The lowest BCUT2D eigenvalue weighted by Crippen LogP contribution is -2.36. The molecule has 2 aromatic heterocycles. The highest BCUT2D eigenvalue weighted by molar-refractivity contribution is 6.01. The van der Waals surface area contributed by atoms with Gasteiger partial charge in [-0.2, -0.15) is 0 Å². The molecule has 0 unspecified atom stereocenters. The fourth-order valence-electron chi connectivity index (χ4n) is 3.28. The normalized spacial score (nSPS) is 12.4. The summed E-state index contributed by atoms with van der Waals surface area (Å²) in [5.41, 5.74) is 0.610. The molecule has 0 aliphatic rings. The average Bonchev–Trinajstić information content (AvgIpc) is 3.08. The molecule has 160 valence electrons. The maximum atomic E-state index is 12.6. The molecule has 8 heteroatoms. The van der Waals surface area contributed by atoms with E-state index >= 15 is 0 Å². The van der Waals surface area contributed by atoms with Crippen LogP contribution in [-0.4, -0.2) is 34.1 Å². The van der Waals surface area contributed by atoms with E-state index in [1.165, 1.54) is 6.33 Å². The van der Waals surface area contributed by atoms with Crippen molar-refractivity contribution in [2.45, 2.75) is 52.6 Å².